The normalized spacial score (nSPS) is 16.8. The highest BCUT2D eigenvalue weighted by Crippen LogP contribution is 2.34. The topological polar surface area (TPSA) is 105 Å². The van der Waals surface area contributed by atoms with Crippen LogP contribution in [-0.2, 0) is 16.0 Å². The van der Waals surface area contributed by atoms with E-state index in [0.717, 1.165) is 0 Å². The van der Waals surface area contributed by atoms with Gasteiger partial charge in [0.2, 0.25) is 5.82 Å². The van der Waals surface area contributed by atoms with E-state index in [1.165, 1.54) is 23.1 Å². The number of imidazole rings is 1. The van der Waals surface area contributed by atoms with Crippen LogP contribution in [0.5, 0.6) is 0 Å². The van der Waals surface area contributed by atoms with Gasteiger partial charge in [-0.1, -0.05) is 11.6 Å². The van der Waals surface area contributed by atoms with Crippen molar-refractivity contribution in [3.63, 3.8) is 0 Å². The third-order valence-corrected chi connectivity index (χ3v) is 7.69. The molecule has 166 valence electrons. The number of halogens is 4. The van der Waals surface area contributed by atoms with Crippen molar-refractivity contribution in [1.29, 1.82) is 5.26 Å². The van der Waals surface area contributed by atoms with Crippen molar-refractivity contribution in [3.05, 3.63) is 59.5 Å². The highest BCUT2D eigenvalue weighted by molar-refractivity contribution is 7.92. The van der Waals surface area contributed by atoms with E-state index in [-0.39, 0.29) is 35.2 Å². The van der Waals surface area contributed by atoms with Gasteiger partial charge in [0.25, 0.3) is 0 Å². The van der Waals surface area contributed by atoms with Gasteiger partial charge in [-0.05, 0) is 24.6 Å². The Balaban J connectivity index is 1.60. The Hall–Kier alpha value is -3.17. The fourth-order valence-electron chi connectivity index (χ4n) is 3.45. The maximum Gasteiger partial charge on any atom is 0.433 e. The summed E-state index contributed by atoms with van der Waals surface area (Å²) in [5, 5.41) is 8.09. The van der Waals surface area contributed by atoms with E-state index >= 15 is 0 Å². The number of aromatic nitrogens is 4. The molecule has 1 fully saturated rings. The summed E-state index contributed by atoms with van der Waals surface area (Å²) in [6, 6.07) is 6.71. The van der Waals surface area contributed by atoms with Crippen LogP contribution < -0.4 is 4.90 Å². The highest BCUT2D eigenvalue weighted by Gasteiger charge is 2.38. The Morgan fingerprint density at radius 2 is 2.00 bits per heavy atom. The van der Waals surface area contributed by atoms with Crippen molar-refractivity contribution >= 4 is 27.3 Å². The van der Waals surface area contributed by atoms with E-state index in [4.69, 9.17) is 16.9 Å². The van der Waals surface area contributed by atoms with Crippen LogP contribution >= 0.6 is 11.6 Å². The third-order valence-electron chi connectivity index (χ3n) is 5.04. The molecule has 0 saturated carbocycles. The summed E-state index contributed by atoms with van der Waals surface area (Å²) in [5.74, 6) is -0.789. The number of benzene rings is 1. The standard InChI is InChI=1S/C19H14ClF3N6O2S/c20-14-7-12(29-6-4-25-11-29)1-2-15(14)32(30,31)13-3-5-28(10-13)18-8-16(19(21,22)23)26-17(9-24)27-18/h1-2,4,6-8,11,13H,3,5,10H2. The highest BCUT2D eigenvalue weighted by atomic mass is 35.5. The molecule has 1 aliphatic heterocycles. The second-order valence-electron chi connectivity index (χ2n) is 7.03. The number of rotatable bonds is 4. The molecule has 0 bridgehead atoms. The largest absolute Gasteiger partial charge is 0.433 e. The van der Waals surface area contributed by atoms with E-state index in [1.807, 2.05) is 0 Å². The van der Waals surface area contributed by atoms with Gasteiger partial charge in [0.1, 0.15) is 11.9 Å². The first-order valence-electron chi connectivity index (χ1n) is 9.22. The monoisotopic (exact) mass is 482 g/mol. The maximum atomic E-state index is 13.2. The maximum absolute atomic E-state index is 13.2. The van der Waals surface area contributed by atoms with Crippen molar-refractivity contribution in [2.45, 2.75) is 22.7 Å². The second-order valence-corrected chi connectivity index (χ2v) is 9.63. The molecule has 1 saturated heterocycles. The van der Waals surface area contributed by atoms with Gasteiger partial charge in [0.15, 0.2) is 15.5 Å². The number of nitrogens with zero attached hydrogens (tertiary/aromatic N) is 6. The van der Waals surface area contributed by atoms with E-state index in [1.54, 1.807) is 29.4 Å². The zero-order chi connectivity index (χ0) is 23.1. The molecule has 1 unspecified atom stereocenters. The average molecular weight is 483 g/mol. The van der Waals surface area contributed by atoms with E-state index in [0.29, 0.717) is 11.8 Å². The Bertz CT molecular complexity index is 1310. The Kier molecular flexibility index (Phi) is 5.56. The summed E-state index contributed by atoms with van der Waals surface area (Å²) in [5.41, 5.74) is -0.632. The zero-order valence-corrected chi connectivity index (χ0v) is 17.7. The van der Waals surface area contributed by atoms with E-state index < -0.39 is 32.8 Å². The van der Waals surface area contributed by atoms with Crippen molar-refractivity contribution in [1.82, 2.24) is 19.5 Å². The van der Waals surface area contributed by atoms with Crippen LogP contribution in [0, 0.1) is 11.3 Å². The Labute approximate surface area is 185 Å². The van der Waals surface area contributed by atoms with Gasteiger partial charge in [0, 0.05) is 37.2 Å². The first kappa shape index (κ1) is 22.0. The van der Waals surface area contributed by atoms with Crippen LogP contribution in [0.2, 0.25) is 5.02 Å². The van der Waals surface area contributed by atoms with Gasteiger partial charge in [-0.25, -0.2) is 23.4 Å². The van der Waals surface area contributed by atoms with Gasteiger partial charge in [-0.2, -0.15) is 18.4 Å². The molecule has 1 atom stereocenters. The Morgan fingerprint density at radius 3 is 2.62 bits per heavy atom. The van der Waals surface area contributed by atoms with E-state index in [2.05, 4.69) is 15.0 Å². The minimum atomic E-state index is -4.76. The van der Waals surface area contributed by atoms with Gasteiger partial charge < -0.3 is 9.47 Å². The lowest BCUT2D eigenvalue weighted by Crippen LogP contribution is -2.28. The quantitative estimate of drug-likeness (QED) is 0.562. The van der Waals surface area contributed by atoms with Crippen molar-refractivity contribution < 1.29 is 21.6 Å². The molecule has 8 nitrogen and oxygen atoms in total. The molecule has 0 N–H and O–H groups in total. The molecule has 3 heterocycles. The SMILES string of the molecule is N#Cc1nc(N2CCC(S(=O)(=O)c3ccc(-n4ccnc4)cc3Cl)C2)cc(C(F)(F)F)n1. The van der Waals surface area contributed by atoms with Crippen LogP contribution in [0.1, 0.15) is 17.9 Å². The lowest BCUT2D eigenvalue weighted by Gasteiger charge is -2.19. The first-order valence-corrected chi connectivity index (χ1v) is 11.1. The smallest absolute Gasteiger partial charge is 0.355 e. The molecule has 3 aromatic rings. The van der Waals surface area contributed by atoms with Crippen LogP contribution in [0.15, 0.2) is 47.9 Å². The lowest BCUT2D eigenvalue weighted by atomic mass is 10.3. The Morgan fingerprint density at radius 1 is 1.22 bits per heavy atom. The van der Waals surface area contributed by atoms with Gasteiger partial charge in [-0.15, -0.1) is 0 Å². The molecule has 1 aromatic carbocycles. The number of hydrogen-bond acceptors (Lipinski definition) is 7. The van der Waals surface area contributed by atoms with Crippen molar-refractivity contribution in [2.24, 2.45) is 0 Å². The number of hydrogen-bond donors (Lipinski definition) is 0. The summed E-state index contributed by atoms with van der Waals surface area (Å²) < 4.78 is 67.3. The number of anilines is 1. The molecule has 32 heavy (non-hydrogen) atoms. The lowest BCUT2D eigenvalue weighted by molar-refractivity contribution is -0.141. The average Bonchev–Trinajstić information content (AvgIpc) is 3.45. The van der Waals surface area contributed by atoms with Crippen LogP contribution in [0.25, 0.3) is 5.69 Å². The molecular formula is C19H14ClF3N6O2S. The molecule has 2 aromatic heterocycles. The van der Waals surface area contributed by atoms with Crippen LogP contribution in [-0.4, -0.2) is 46.3 Å². The summed E-state index contributed by atoms with van der Waals surface area (Å²) >= 11 is 6.27. The van der Waals surface area contributed by atoms with Crippen LogP contribution in [0.3, 0.4) is 0 Å². The van der Waals surface area contributed by atoms with Gasteiger partial charge in [-0.3, -0.25) is 0 Å². The summed E-state index contributed by atoms with van der Waals surface area (Å²) in [6.45, 7) is 0.0505. The predicted octanol–water partition coefficient (Wildman–Crippen LogP) is 3.26. The van der Waals surface area contributed by atoms with Crippen molar-refractivity contribution in [2.75, 3.05) is 18.0 Å². The minimum Gasteiger partial charge on any atom is -0.355 e. The second kappa shape index (κ2) is 8.07. The first-order chi connectivity index (χ1) is 15.1. The number of alkyl halides is 3. The molecular weight excluding hydrogens is 469 g/mol. The van der Waals surface area contributed by atoms with Crippen molar-refractivity contribution in [3.8, 4) is 11.8 Å². The number of nitriles is 1. The zero-order valence-electron chi connectivity index (χ0n) is 16.2. The van der Waals surface area contributed by atoms with Gasteiger partial charge in [0.05, 0.1) is 21.5 Å². The molecule has 0 radical (unpaired) electrons. The molecule has 0 amide bonds. The molecule has 13 heteroatoms. The fraction of sp³-hybridized carbons (Fsp3) is 0.263. The van der Waals surface area contributed by atoms with Crippen LogP contribution in [0.4, 0.5) is 19.0 Å². The molecule has 0 aliphatic carbocycles. The molecule has 0 spiro atoms. The summed E-state index contributed by atoms with van der Waals surface area (Å²) in [7, 11) is -3.88. The third kappa shape index (κ3) is 4.13. The van der Waals surface area contributed by atoms with Gasteiger partial charge >= 0.3 is 6.18 Å². The molecule has 4 rings (SSSR count). The number of sulfone groups is 1. The molecule has 1 aliphatic rings. The minimum absolute atomic E-state index is 0.0304. The summed E-state index contributed by atoms with van der Waals surface area (Å²) in [4.78, 5) is 12.3. The summed E-state index contributed by atoms with van der Waals surface area (Å²) in [6.07, 6.45) is 0.192. The van der Waals surface area contributed by atoms with E-state index in [9.17, 15) is 21.6 Å². The predicted molar refractivity (Wildman–Crippen MR) is 108 cm³/mol. The fourth-order valence-corrected chi connectivity index (χ4v) is 5.69.